The molecule has 0 aliphatic heterocycles. The van der Waals surface area contributed by atoms with Crippen LogP contribution < -0.4 is 10.6 Å². The second-order valence-corrected chi connectivity index (χ2v) is 6.50. The Morgan fingerprint density at radius 3 is 2.86 bits per heavy atom. The molecule has 0 fully saturated rings. The lowest BCUT2D eigenvalue weighted by atomic mass is 10.0. The Bertz CT molecular complexity index is 1060. The number of amides is 1. The number of ether oxygens (including phenoxy) is 1. The number of anilines is 1. The summed E-state index contributed by atoms with van der Waals surface area (Å²) < 4.78 is 18.7. The number of benzene rings is 1. The molecule has 152 valence electrons. The Kier molecular flexibility index (Phi) is 6.18. The first-order chi connectivity index (χ1) is 14.0. The van der Waals surface area contributed by atoms with Crippen LogP contribution in [0.4, 0.5) is 10.1 Å². The van der Waals surface area contributed by atoms with Crippen molar-refractivity contribution < 1.29 is 13.9 Å². The molecule has 0 radical (unpaired) electrons. The number of aromatic nitrogens is 3. The minimum atomic E-state index is -0.357. The number of aromatic amines is 1. The number of carbonyl (C=O) groups excluding carboxylic acids is 1. The van der Waals surface area contributed by atoms with E-state index >= 15 is 0 Å². The summed E-state index contributed by atoms with van der Waals surface area (Å²) in [5.74, 6) is -0.634. The third-order valence-electron chi connectivity index (χ3n) is 4.39. The molecule has 0 spiro atoms. The molecule has 1 aromatic carbocycles. The standard InChI is InChI=1S/C20H23FN6O2/c1-11(10-29-4)26-20(28)14-8-24-19-18(14)27-16(9-25-19)17(23-3)13-6-5-12(21)7-15(13)22-2/h5-9,11,22H,10H2,1-4H3,(H,24,25)(H,26,28)/b23-17+/t11-/m0/s1. The van der Waals surface area contributed by atoms with Gasteiger partial charge in [0.1, 0.15) is 17.0 Å². The summed E-state index contributed by atoms with van der Waals surface area (Å²) in [6.45, 7) is 2.25. The van der Waals surface area contributed by atoms with Gasteiger partial charge in [0.2, 0.25) is 0 Å². The first kappa shape index (κ1) is 20.4. The zero-order valence-electron chi connectivity index (χ0n) is 16.7. The molecule has 3 rings (SSSR count). The van der Waals surface area contributed by atoms with E-state index in [4.69, 9.17) is 4.74 Å². The number of aliphatic imine (C=N–C) groups is 1. The van der Waals surface area contributed by atoms with Crippen molar-refractivity contribution in [1.29, 1.82) is 0 Å². The normalized spacial score (nSPS) is 12.8. The number of methoxy groups -OCH3 is 1. The zero-order valence-corrected chi connectivity index (χ0v) is 16.7. The summed E-state index contributed by atoms with van der Waals surface area (Å²) in [6, 6.07) is 4.23. The topological polar surface area (TPSA) is 104 Å². The van der Waals surface area contributed by atoms with E-state index in [-0.39, 0.29) is 17.8 Å². The third kappa shape index (κ3) is 4.24. The van der Waals surface area contributed by atoms with Crippen LogP contribution in [0.5, 0.6) is 0 Å². The molecule has 3 N–H and O–H groups in total. The predicted octanol–water partition coefficient (Wildman–Crippen LogP) is 2.37. The predicted molar refractivity (Wildman–Crippen MR) is 110 cm³/mol. The van der Waals surface area contributed by atoms with E-state index in [0.29, 0.717) is 46.0 Å². The smallest absolute Gasteiger partial charge is 0.255 e. The fraction of sp³-hybridized carbons (Fsp3) is 0.300. The second kappa shape index (κ2) is 8.78. The lowest BCUT2D eigenvalue weighted by Gasteiger charge is -2.13. The van der Waals surface area contributed by atoms with Gasteiger partial charge in [-0.15, -0.1) is 0 Å². The highest BCUT2D eigenvalue weighted by Crippen LogP contribution is 2.22. The van der Waals surface area contributed by atoms with E-state index in [1.54, 1.807) is 39.7 Å². The molecule has 0 aliphatic carbocycles. The number of rotatable bonds is 7. The maximum Gasteiger partial charge on any atom is 0.255 e. The monoisotopic (exact) mass is 398 g/mol. The van der Waals surface area contributed by atoms with Crippen LogP contribution in [0, 0.1) is 5.82 Å². The Hall–Kier alpha value is -3.33. The first-order valence-electron chi connectivity index (χ1n) is 9.07. The molecule has 0 saturated carbocycles. The second-order valence-electron chi connectivity index (χ2n) is 6.50. The molecule has 1 amide bonds. The number of nitrogens with one attached hydrogen (secondary N) is 3. The SMILES string of the molecule is C/N=C(/c1cnc2[nH]cc(C(=O)N[C@@H](C)COC)c2n1)c1ccc(F)cc1NC. The minimum Gasteiger partial charge on any atom is -0.387 e. The lowest BCUT2D eigenvalue weighted by molar-refractivity contribution is 0.0907. The Morgan fingerprint density at radius 1 is 1.38 bits per heavy atom. The molecule has 8 nitrogen and oxygen atoms in total. The number of halogens is 1. The van der Waals surface area contributed by atoms with Crippen LogP contribution in [0.15, 0.2) is 35.6 Å². The van der Waals surface area contributed by atoms with Crippen LogP contribution in [0.25, 0.3) is 11.2 Å². The van der Waals surface area contributed by atoms with Crippen LogP contribution in [-0.4, -0.2) is 60.4 Å². The van der Waals surface area contributed by atoms with Crippen LogP contribution in [0.2, 0.25) is 0 Å². The Balaban J connectivity index is 2.01. The van der Waals surface area contributed by atoms with E-state index < -0.39 is 0 Å². The molecule has 9 heteroatoms. The fourth-order valence-corrected chi connectivity index (χ4v) is 3.07. The third-order valence-corrected chi connectivity index (χ3v) is 4.39. The van der Waals surface area contributed by atoms with Gasteiger partial charge in [-0.2, -0.15) is 0 Å². The number of nitrogens with zero attached hydrogens (tertiary/aromatic N) is 3. The largest absolute Gasteiger partial charge is 0.387 e. The number of fused-ring (bicyclic) bond motifs is 1. The molecular formula is C20H23FN6O2. The highest BCUT2D eigenvalue weighted by atomic mass is 19.1. The van der Waals surface area contributed by atoms with E-state index in [0.717, 1.165) is 0 Å². The zero-order chi connectivity index (χ0) is 21.0. The van der Waals surface area contributed by atoms with Crippen molar-refractivity contribution in [3.05, 3.63) is 53.2 Å². The van der Waals surface area contributed by atoms with Crippen molar-refractivity contribution in [3.8, 4) is 0 Å². The van der Waals surface area contributed by atoms with Gasteiger partial charge in [0.05, 0.1) is 24.1 Å². The molecule has 0 bridgehead atoms. The summed E-state index contributed by atoms with van der Waals surface area (Å²) in [6.07, 6.45) is 3.14. The van der Waals surface area contributed by atoms with E-state index in [1.807, 2.05) is 6.92 Å². The van der Waals surface area contributed by atoms with Gasteiger partial charge >= 0.3 is 0 Å². The minimum absolute atomic E-state index is 0.154. The fourth-order valence-electron chi connectivity index (χ4n) is 3.07. The summed E-state index contributed by atoms with van der Waals surface area (Å²) in [5, 5.41) is 5.83. The number of carbonyl (C=O) groups is 1. The average molecular weight is 398 g/mol. The first-order valence-corrected chi connectivity index (χ1v) is 9.07. The van der Waals surface area contributed by atoms with Crippen molar-refractivity contribution in [2.45, 2.75) is 13.0 Å². The van der Waals surface area contributed by atoms with Gasteiger partial charge in [-0.25, -0.2) is 14.4 Å². The number of H-pyrrole nitrogens is 1. The summed E-state index contributed by atoms with van der Waals surface area (Å²) in [4.78, 5) is 28.9. The van der Waals surface area contributed by atoms with Gasteiger partial charge in [0.15, 0.2) is 5.65 Å². The average Bonchev–Trinajstić information content (AvgIpc) is 3.13. The molecule has 0 saturated heterocycles. The maximum absolute atomic E-state index is 13.6. The van der Waals surface area contributed by atoms with Gasteiger partial charge in [-0.1, -0.05) is 0 Å². The van der Waals surface area contributed by atoms with E-state index in [2.05, 4.69) is 30.6 Å². The quantitative estimate of drug-likeness (QED) is 0.530. The summed E-state index contributed by atoms with van der Waals surface area (Å²) >= 11 is 0. The Morgan fingerprint density at radius 2 is 2.17 bits per heavy atom. The molecule has 29 heavy (non-hydrogen) atoms. The van der Waals surface area contributed by atoms with Crippen molar-refractivity contribution in [2.24, 2.45) is 4.99 Å². The molecular weight excluding hydrogens is 375 g/mol. The number of hydrogen-bond acceptors (Lipinski definition) is 6. The summed E-state index contributed by atoms with van der Waals surface area (Å²) in [7, 11) is 4.91. The molecule has 1 atom stereocenters. The van der Waals surface area contributed by atoms with Gasteiger partial charge < -0.3 is 20.4 Å². The highest BCUT2D eigenvalue weighted by molar-refractivity contribution is 6.15. The summed E-state index contributed by atoms with van der Waals surface area (Å²) in [5.41, 5.74) is 3.56. The maximum atomic E-state index is 13.6. The highest BCUT2D eigenvalue weighted by Gasteiger charge is 2.19. The van der Waals surface area contributed by atoms with Gasteiger partial charge in [0.25, 0.3) is 5.91 Å². The van der Waals surface area contributed by atoms with Gasteiger partial charge in [0, 0.05) is 44.7 Å². The molecule has 2 heterocycles. The van der Waals surface area contributed by atoms with Crippen LogP contribution in [-0.2, 0) is 4.74 Å². The van der Waals surface area contributed by atoms with Crippen molar-refractivity contribution >= 4 is 28.5 Å². The van der Waals surface area contributed by atoms with Crippen molar-refractivity contribution in [2.75, 3.05) is 33.1 Å². The van der Waals surface area contributed by atoms with Gasteiger partial charge in [-0.05, 0) is 25.1 Å². The van der Waals surface area contributed by atoms with Crippen molar-refractivity contribution in [3.63, 3.8) is 0 Å². The molecule has 2 aromatic heterocycles. The molecule has 0 unspecified atom stereocenters. The molecule has 0 aliphatic rings. The van der Waals surface area contributed by atoms with Crippen LogP contribution >= 0.6 is 0 Å². The van der Waals surface area contributed by atoms with E-state index in [1.165, 1.54) is 12.1 Å². The van der Waals surface area contributed by atoms with E-state index in [9.17, 15) is 9.18 Å². The number of hydrogen-bond donors (Lipinski definition) is 3. The Labute approximate surface area is 167 Å². The van der Waals surface area contributed by atoms with Crippen LogP contribution in [0.1, 0.15) is 28.5 Å². The molecule has 3 aromatic rings. The van der Waals surface area contributed by atoms with Crippen LogP contribution in [0.3, 0.4) is 0 Å². The van der Waals surface area contributed by atoms with Gasteiger partial charge in [-0.3, -0.25) is 9.79 Å². The van der Waals surface area contributed by atoms with Crippen molar-refractivity contribution in [1.82, 2.24) is 20.3 Å². The lowest BCUT2D eigenvalue weighted by Crippen LogP contribution is -2.35.